The molecule has 4 aliphatic heterocycles. The molecule has 5 nitrogen and oxygen atoms in total. The number of halogens is 1. The van der Waals surface area contributed by atoms with Crippen LogP contribution in [-0.2, 0) is 28.1 Å². The number of piperidine rings is 1. The van der Waals surface area contributed by atoms with Crippen molar-refractivity contribution in [1.82, 2.24) is 4.90 Å². The summed E-state index contributed by atoms with van der Waals surface area (Å²) < 4.78 is 20.8. The molecule has 0 unspecified atom stereocenters. The van der Waals surface area contributed by atoms with Crippen LogP contribution in [0.3, 0.4) is 0 Å². The number of hydrogen-bond donors (Lipinski definition) is 0. The number of aryl methyl sites for hydroxylation is 1. The van der Waals surface area contributed by atoms with E-state index in [-0.39, 0.29) is 28.6 Å². The van der Waals surface area contributed by atoms with E-state index >= 15 is 0 Å². The van der Waals surface area contributed by atoms with Crippen molar-refractivity contribution in [3.05, 3.63) is 95.1 Å². The van der Waals surface area contributed by atoms with Gasteiger partial charge in [0.1, 0.15) is 0 Å². The Morgan fingerprint density at radius 1 is 1.05 bits per heavy atom. The van der Waals surface area contributed by atoms with Crippen LogP contribution in [0.5, 0.6) is 11.5 Å². The second-order valence-electron chi connectivity index (χ2n) is 12.4. The SMILES string of the molecule is CO[C@]12[I-]C[C@@]3(C[C@@H]1C(C)=O)[C@@H](C)N(Cc1ccccc1)CC[C@@]31c3c(C)ccc(OCc4ccccc4)c3O[C@@H]21. The number of likely N-dealkylation sites (tertiary alicyclic amines) is 1. The quantitative estimate of drug-likeness (QED) is 0.288. The van der Waals surface area contributed by atoms with Gasteiger partial charge in [0.2, 0.25) is 0 Å². The van der Waals surface area contributed by atoms with Crippen LogP contribution >= 0.6 is 0 Å². The van der Waals surface area contributed by atoms with E-state index in [0.717, 1.165) is 47.4 Å². The number of ether oxygens (including phenoxy) is 3. The Labute approximate surface area is 253 Å². The number of alkyl halides is 2. The van der Waals surface area contributed by atoms with Crippen molar-refractivity contribution in [3.8, 4) is 11.5 Å². The molecule has 0 radical (unpaired) electrons. The zero-order valence-corrected chi connectivity index (χ0v) is 26.5. The van der Waals surface area contributed by atoms with Crippen LogP contribution in [0.15, 0.2) is 72.8 Å². The van der Waals surface area contributed by atoms with Gasteiger partial charge >= 0.3 is 255 Å². The molecule has 6 atom stereocenters. The Bertz CT molecular complexity index is 1460. The number of benzene rings is 3. The first-order chi connectivity index (χ1) is 19.9. The zero-order valence-electron chi connectivity index (χ0n) is 24.4. The van der Waals surface area contributed by atoms with Gasteiger partial charge < -0.3 is 0 Å². The van der Waals surface area contributed by atoms with Crippen molar-refractivity contribution < 1.29 is 40.2 Å². The number of carbonyl (C=O) groups is 1. The molecule has 3 aromatic carbocycles. The molecule has 0 amide bonds. The van der Waals surface area contributed by atoms with Crippen LogP contribution in [0.4, 0.5) is 0 Å². The van der Waals surface area contributed by atoms with Gasteiger partial charge in [-0.05, 0) is 0 Å². The van der Waals surface area contributed by atoms with Crippen molar-refractivity contribution in [2.24, 2.45) is 11.3 Å². The summed E-state index contributed by atoms with van der Waals surface area (Å²) in [6.07, 6.45) is 1.67. The second-order valence-corrected chi connectivity index (χ2v) is 15.6. The van der Waals surface area contributed by atoms with Gasteiger partial charge in [0.25, 0.3) is 0 Å². The molecule has 0 N–H and O–H groups in total. The molecule has 6 heteroatoms. The van der Waals surface area contributed by atoms with Crippen LogP contribution in [-0.4, -0.2) is 44.5 Å². The second kappa shape index (κ2) is 10.1. The number of nitrogens with zero attached hydrogens (tertiary/aromatic N) is 1. The van der Waals surface area contributed by atoms with Gasteiger partial charge in [0.15, 0.2) is 0 Å². The minimum atomic E-state index is -0.532. The fourth-order valence-corrected chi connectivity index (χ4v) is 14.1. The van der Waals surface area contributed by atoms with E-state index in [0.29, 0.717) is 12.6 Å². The number of methoxy groups -OCH3 is 1. The Kier molecular flexibility index (Phi) is 6.75. The summed E-state index contributed by atoms with van der Waals surface area (Å²) in [5, 5.41) is 0. The Morgan fingerprint density at radius 2 is 1.76 bits per heavy atom. The Hall–Kier alpha value is -2.42. The molecule has 41 heavy (non-hydrogen) atoms. The average Bonchev–Trinajstić information content (AvgIpc) is 3.38. The standard InChI is InChI=1S/C35H39INO4/c1-23-15-16-29(40-21-27-13-9-6-10-14-27)31-30(23)34-17-18-37(20-26-11-7-5-8-12-26)25(3)33(34)19-28(24(2)38)35(39-4,36-22-33)32(34)41-31/h5-16,25,28,32H,17-22H2,1-4H3/q-1/t25-,28-,32-,33+,34+,35-/m1/s1. The van der Waals surface area contributed by atoms with Crippen LogP contribution in [0, 0.1) is 18.3 Å². The number of fused-ring (bicyclic) bond motifs is 3. The third-order valence-electron chi connectivity index (χ3n) is 10.7. The molecular formula is C35H39INO4-. The van der Waals surface area contributed by atoms with Crippen LogP contribution in [0.2, 0.25) is 0 Å². The summed E-state index contributed by atoms with van der Waals surface area (Å²) in [7, 11) is 1.82. The van der Waals surface area contributed by atoms with E-state index in [1.165, 1.54) is 16.7 Å². The van der Waals surface area contributed by atoms with E-state index in [9.17, 15) is 4.79 Å². The summed E-state index contributed by atoms with van der Waals surface area (Å²) in [4.78, 5) is 16.1. The van der Waals surface area contributed by atoms with E-state index < -0.39 is 24.8 Å². The monoisotopic (exact) mass is 664 g/mol. The normalized spacial score (nSPS) is 33.6. The number of carbonyl (C=O) groups excluding carboxylic acids is 1. The van der Waals surface area contributed by atoms with Gasteiger partial charge in [-0.15, -0.1) is 0 Å². The first-order valence-corrected chi connectivity index (χ1v) is 17.4. The Morgan fingerprint density at radius 3 is 2.44 bits per heavy atom. The van der Waals surface area contributed by atoms with Crippen molar-refractivity contribution >= 4 is 5.78 Å². The zero-order chi connectivity index (χ0) is 28.4. The van der Waals surface area contributed by atoms with Crippen molar-refractivity contribution in [2.75, 3.05) is 18.1 Å². The van der Waals surface area contributed by atoms with Crippen molar-refractivity contribution in [1.29, 1.82) is 0 Å². The number of rotatable bonds is 7. The predicted octanol–water partition coefficient (Wildman–Crippen LogP) is 2.91. The molecule has 4 heterocycles. The van der Waals surface area contributed by atoms with E-state index in [1.807, 2.05) is 25.3 Å². The molecule has 0 aromatic heterocycles. The number of hydrogen-bond acceptors (Lipinski definition) is 5. The van der Waals surface area contributed by atoms with Gasteiger partial charge in [0.05, 0.1) is 0 Å². The van der Waals surface area contributed by atoms with Crippen LogP contribution in [0.25, 0.3) is 0 Å². The van der Waals surface area contributed by atoms with Crippen LogP contribution in [0.1, 0.15) is 48.9 Å². The topological polar surface area (TPSA) is 48.0 Å². The molecular weight excluding hydrogens is 625 g/mol. The van der Waals surface area contributed by atoms with E-state index in [4.69, 9.17) is 14.2 Å². The summed E-state index contributed by atoms with van der Waals surface area (Å²) in [5.74, 6) is 1.78. The minimum absolute atomic E-state index is 0.0668. The van der Waals surface area contributed by atoms with Gasteiger partial charge in [0, 0.05) is 0 Å². The van der Waals surface area contributed by atoms with Crippen molar-refractivity contribution in [2.45, 2.75) is 67.9 Å². The van der Waals surface area contributed by atoms with Gasteiger partial charge in [-0.2, -0.15) is 0 Å². The Balaban J connectivity index is 1.36. The molecule has 4 fully saturated rings. The number of Topliss-reactive ketones (excluding diaryl/α,β-unsaturated/α-hetero) is 1. The van der Waals surface area contributed by atoms with Gasteiger partial charge in [-0.3, -0.25) is 0 Å². The van der Waals surface area contributed by atoms with Gasteiger partial charge in [-0.1, -0.05) is 0 Å². The maximum atomic E-state index is 13.4. The first-order valence-electron chi connectivity index (χ1n) is 14.8. The summed E-state index contributed by atoms with van der Waals surface area (Å²) in [5.41, 5.74) is 4.76. The molecule has 3 saturated heterocycles. The van der Waals surface area contributed by atoms with Crippen LogP contribution < -0.4 is 30.7 Å². The fourth-order valence-electron chi connectivity index (χ4n) is 8.67. The average molecular weight is 665 g/mol. The van der Waals surface area contributed by atoms with E-state index in [1.54, 1.807) is 6.92 Å². The molecule has 216 valence electrons. The summed E-state index contributed by atoms with van der Waals surface area (Å²) in [6, 6.07) is 25.7. The third-order valence-corrected chi connectivity index (χ3v) is 15.4. The maximum absolute atomic E-state index is 13.4. The molecule has 1 aliphatic carbocycles. The summed E-state index contributed by atoms with van der Waals surface area (Å²) >= 11 is -0.468. The molecule has 3 aromatic rings. The fraction of sp³-hybridized carbons (Fsp3) is 0.457. The van der Waals surface area contributed by atoms with Crippen molar-refractivity contribution in [3.63, 3.8) is 0 Å². The molecule has 8 rings (SSSR count). The molecule has 1 saturated carbocycles. The molecule has 2 bridgehead atoms. The first kappa shape index (κ1) is 27.4. The third kappa shape index (κ3) is 3.82. The molecule has 5 aliphatic rings. The predicted molar refractivity (Wildman–Crippen MR) is 155 cm³/mol. The number of ketones is 1. The van der Waals surface area contributed by atoms with E-state index in [2.05, 4.69) is 73.3 Å². The van der Waals surface area contributed by atoms with Gasteiger partial charge in [-0.25, -0.2) is 0 Å². The molecule has 2 spiro atoms. The summed E-state index contributed by atoms with van der Waals surface area (Å²) in [6.45, 7) is 8.82.